The second-order valence-electron chi connectivity index (χ2n) is 6.32. The van der Waals surface area contributed by atoms with Gasteiger partial charge in [-0.1, -0.05) is 79.1 Å². The lowest BCUT2D eigenvalue weighted by molar-refractivity contribution is 0.700. The monoisotopic (exact) mass is 279 g/mol. The molecule has 0 amide bonds. The van der Waals surface area contributed by atoms with Crippen molar-refractivity contribution in [3.8, 4) is 0 Å². The van der Waals surface area contributed by atoms with E-state index in [-0.39, 0.29) is 0 Å². The third kappa shape index (κ3) is 26.0. The summed E-state index contributed by atoms with van der Waals surface area (Å²) in [4.78, 5) is 0. The van der Waals surface area contributed by atoms with Gasteiger partial charge in [-0.3, -0.25) is 0 Å². The first-order valence-corrected chi connectivity index (χ1v) is 12.0. The second kappa shape index (κ2) is 18.3. The zero-order valence-electron chi connectivity index (χ0n) is 14.1. The lowest BCUT2D eigenvalue weighted by atomic mass is 10.3. The van der Waals surface area contributed by atoms with E-state index >= 15 is 0 Å². The molecule has 0 nitrogen and oxygen atoms in total. The van der Waals surface area contributed by atoms with Crippen LogP contribution < -0.4 is 0 Å². The number of hydrogen-bond donors (Lipinski definition) is 0. The highest BCUT2D eigenvalue weighted by Gasteiger charge is 1.98. The predicted molar refractivity (Wildman–Crippen MR) is 90.2 cm³/mol. The zero-order chi connectivity index (χ0) is 14.2. The lowest BCUT2D eigenvalue weighted by Gasteiger charge is -2.03. The standard InChI is InChI=1S/4C4H9.Al.Mg/c2*1-4(2)3;2*1-3-4-2;;/h2*4H,1H2,2-3H3;2*1,3-4H2,2H3;;. The van der Waals surface area contributed by atoms with E-state index < -0.39 is 0 Å². The normalized spacial score (nSPS) is 10.0. The third-order valence-electron chi connectivity index (χ3n) is 2.98. The largest absolute Gasteiger partial charge is 0.364 e. The van der Waals surface area contributed by atoms with Crippen LogP contribution in [0.2, 0.25) is 19.7 Å². The lowest BCUT2D eigenvalue weighted by Crippen LogP contribution is -1.99. The van der Waals surface area contributed by atoms with Crippen molar-refractivity contribution in [3.05, 3.63) is 0 Å². The van der Waals surface area contributed by atoms with Gasteiger partial charge in [0.2, 0.25) is 15.2 Å². The summed E-state index contributed by atoms with van der Waals surface area (Å²) >= 11 is 1.14. The maximum atomic E-state index is 2.31. The molecule has 0 atom stereocenters. The molecule has 0 rings (SSSR count). The van der Waals surface area contributed by atoms with Crippen LogP contribution in [0.3, 0.4) is 0 Å². The molecule has 105 valence electrons. The molecular formula is C16H36AlMg. The van der Waals surface area contributed by atoms with E-state index in [1.165, 1.54) is 36.2 Å². The first-order valence-electron chi connectivity index (χ1n) is 8.36. The summed E-state index contributed by atoms with van der Waals surface area (Å²) < 4.78 is 3.19. The van der Waals surface area contributed by atoms with Gasteiger partial charge in [0.05, 0.1) is 0 Å². The smallest absolute Gasteiger partial charge is 0.146 e. The number of hydrogen-bond acceptors (Lipinski definition) is 0. The molecule has 0 aromatic carbocycles. The summed E-state index contributed by atoms with van der Waals surface area (Å²) in [7, 11) is 0. The van der Waals surface area contributed by atoms with Crippen molar-refractivity contribution < 1.29 is 0 Å². The van der Waals surface area contributed by atoms with E-state index in [1.54, 1.807) is 9.10 Å². The zero-order valence-corrected chi connectivity index (χ0v) is 16.7. The van der Waals surface area contributed by atoms with Crippen LogP contribution in [0.5, 0.6) is 0 Å². The fourth-order valence-corrected chi connectivity index (χ4v) is 5.38. The molecule has 0 heterocycles. The Morgan fingerprint density at radius 2 is 1.17 bits per heavy atom. The van der Waals surface area contributed by atoms with E-state index in [4.69, 9.17) is 0 Å². The van der Waals surface area contributed by atoms with E-state index in [1.807, 2.05) is 0 Å². The van der Waals surface area contributed by atoms with Crippen molar-refractivity contribution in [2.75, 3.05) is 0 Å². The van der Waals surface area contributed by atoms with Crippen LogP contribution in [0.4, 0.5) is 0 Å². The summed E-state index contributed by atoms with van der Waals surface area (Å²) in [5.74, 6) is 1.86. The Labute approximate surface area is 134 Å². The molecule has 0 saturated carbocycles. The summed E-state index contributed by atoms with van der Waals surface area (Å²) in [6.45, 7) is 13.8. The molecular weight excluding hydrogens is 243 g/mol. The molecule has 0 fully saturated rings. The van der Waals surface area contributed by atoms with Crippen LogP contribution in [-0.2, 0) is 0 Å². The van der Waals surface area contributed by atoms with Crippen LogP contribution in [-0.4, -0.2) is 35.6 Å². The fraction of sp³-hybridized carbons (Fsp3) is 1.00. The Morgan fingerprint density at radius 1 is 0.778 bits per heavy atom. The molecule has 18 heavy (non-hydrogen) atoms. The van der Waals surface area contributed by atoms with Gasteiger partial charge in [0.15, 0.2) is 0 Å². The molecule has 0 unspecified atom stereocenters. The van der Waals surface area contributed by atoms with E-state index in [0.717, 1.165) is 27.1 Å². The molecule has 0 aliphatic carbocycles. The van der Waals surface area contributed by atoms with Gasteiger partial charge >= 0.3 is 20.4 Å². The van der Waals surface area contributed by atoms with Crippen LogP contribution in [0.25, 0.3) is 0 Å². The van der Waals surface area contributed by atoms with Gasteiger partial charge in [-0.15, -0.1) is 19.7 Å². The molecule has 0 bridgehead atoms. The number of rotatable bonds is 10. The molecule has 2 heteroatoms. The van der Waals surface area contributed by atoms with E-state index in [2.05, 4.69) is 41.5 Å². The summed E-state index contributed by atoms with van der Waals surface area (Å²) in [6, 6.07) is 0. The minimum atomic E-state index is 0.389. The Kier molecular flexibility index (Phi) is 22.0. The summed E-state index contributed by atoms with van der Waals surface area (Å²) in [6.07, 6.45) is 5.80. The summed E-state index contributed by atoms with van der Waals surface area (Å²) in [5.41, 5.74) is 0. The van der Waals surface area contributed by atoms with Gasteiger partial charge in [0.1, 0.15) is 0 Å². The molecule has 0 aromatic rings. The first kappa shape index (κ1) is 21.6. The van der Waals surface area contributed by atoms with E-state index in [9.17, 15) is 0 Å². The van der Waals surface area contributed by atoms with Crippen molar-refractivity contribution in [2.45, 2.75) is 86.9 Å². The SMILES string of the molecule is CC(C)[CH2][Al][CH2]C(C)C.CCC[CH2][Mg][CH2]CCC. The average molecular weight is 280 g/mol. The molecule has 0 aliphatic heterocycles. The topological polar surface area (TPSA) is 0 Å². The first-order chi connectivity index (χ1) is 8.54. The highest BCUT2D eigenvalue weighted by molar-refractivity contribution is 6.35. The molecule has 0 N–H and O–H groups in total. The molecule has 1 radical (unpaired) electrons. The van der Waals surface area contributed by atoms with Crippen molar-refractivity contribution in [1.29, 1.82) is 0 Å². The predicted octanol–water partition coefficient (Wildman–Crippen LogP) is 5.97. The molecule has 0 aliphatic rings. The van der Waals surface area contributed by atoms with Gasteiger partial charge in [0, 0.05) is 0 Å². The van der Waals surface area contributed by atoms with Crippen molar-refractivity contribution in [1.82, 2.24) is 0 Å². The average Bonchev–Trinajstić information content (AvgIpc) is 2.29. The quantitative estimate of drug-likeness (QED) is 0.341. The molecule has 0 saturated heterocycles. The Balaban J connectivity index is 0. The molecule has 0 spiro atoms. The van der Waals surface area contributed by atoms with Crippen molar-refractivity contribution in [2.24, 2.45) is 11.8 Å². The molecule has 0 aromatic heterocycles. The van der Waals surface area contributed by atoms with Gasteiger partial charge in [-0.05, 0) is 0 Å². The third-order valence-corrected chi connectivity index (χ3v) is 7.54. The van der Waals surface area contributed by atoms with Crippen molar-refractivity contribution in [3.63, 3.8) is 0 Å². The van der Waals surface area contributed by atoms with Crippen LogP contribution in [0.15, 0.2) is 0 Å². The maximum Gasteiger partial charge on any atom is 0.364 e. The van der Waals surface area contributed by atoms with Crippen molar-refractivity contribution >= 4 is 35.6 Å². The van der Waals surface area contributed by atoms with E-state index in [0.29, 0.717) is 20.4 Å². The summed E-state index contributed by atoms with van der Waals surface area (Å²) in [5, 5.41) is 2.97. The Hall–Kier alpha value is 1.30. The van der Waals surface area contributed by atoms with Crippen LogP contribution >= 0.6 is 0 Å². The van der Waals surface area contributed by atoms with Crippen LogP contribution in [0.1, 0.15) is 67.2 Å². The van der Waals surface area contributed by atoms with Gasteiger partial charge in [-0.25, -0.2) is 0 Å². The van der Waals surface area contributed by atoms with Crippen LogP contribution in [0, 0.1) is 11.8 Å². The fourth-order valence-electron chi connectivity index (χ4n) is 1.79. The van der Waals surface area contributed by atoms with Gasteiger partial charge in [-0.2, -0.15) is 0 Å². The highest BCUT2D eigenvalue weighted by atomic mass is 27.1. The number of unbranched alkanes of at least 4 members (excludes halogenated alkanes) is 2. The minimum absolute atomic E-state index is 0.389. The minimum Gasteiger partial charge on any atom is -0.146 e. The Bertz CT molecular complexity index is 121. The highest BCUT2D eigenvalue weighted by Crippen LogP contribution is 2.05. The maximum absolute atomic E-state index is 2.31. The van der Waals surface area contributed by atoms with Gasteiger partial charge in [0.25, 0.3) is 0 Å². The Morgan fingerprint density at radius 3 is 1.44 bits per heavy atom. The second-order valence-corrected chi connectivity index (χ2v) is 9.96. The van der Waals surface area contributed by atoms with Gasteiger partial charge < -0.3 is 0 Å².